The number of nitrogens with zero attached hydrogens (tertiary/aromatic N) is 1. The molecule has 1 N–H and O–H groups in total. The average Bonchev–Trinajstić information content (AvgIpc) is 2.95. The summed E-state index contributed by atoms with van der Waals surface area (Å²) in [6, 6.07) is 11.3. The van der Waals surface area contributed by atoms with Crippen LogP contribution in [0.5, 0.6) is 11.5 Å². The van der Waals surface area contributed by atoms with Gasteiger partial charge < -0.3 is 19.7 Å². The summed E-state index contributed by atoms with van der Waals surface area (Å²) < 4.78 is 11.3. The highest BCUT2D eigenvalue weighted by atomic mass is 35.5. The zero-order valence-corrected chi connectivity index (χ0v) is 15.9. The van der Waals surface area contributed by atoms with Crippen LogP contribution in [0.3, 0.4) is 0 Å². The molecule has 0 saturated carbocycles. The van der Waals surface area contributed by atoms with Gasteiger partial charge in [-0.3, -0.25) is 4.79 Å². The normalized spacial score (nSPS) is 16.6. The topological polar surface area (TPSA) is 50.8 Å². The standard InChI is InChI=1S/C21H23ClN2O3/c22-18-13-15(14-19-20(18)27-12-4-11-26-19)21(25)23-16-5-7-17(8-6-16)24-9-2-1-3-10-24/h5-8,13-14H,1-4,9-12H2,(H,23,25). The highest BCUT2D eigenvalue weighted by molar-refractivity contribution is 6.32. The van der Waals surface area contributed by atoms with Crippen LogP contribution < -0.4 is 19.7 Å². The monoisotopic (exact) mass is 386 g/mol. The summed E-state index contributed by atoms with van der Waals surface area (Å²) >= 11 is 6.28. The number of amides is 1. The van der Waals surface area contributed by atoms with Crippen molar-refractivity contribution >= 4 is 28.9 Å². The van der Waals surface area contributed by atoms with Crippen molar-refractivity contribution < 1.29 is 14.3 Å². The van der Waals surface area contributed by atoms with E-state index in [0.29, 0.717) is 35.3 Å². The Labute approximate surface area is 164 Å². The van der Waals surface area contributed by atoms with E-state index in [1.165, 1.54) is 24.9 Å². The van der Waals surface area contributed by atoms with Crippen molar-refractivity contribution in [2.24, 2.45) is 0 Å². The summed E-state index contributed by atoms with van der Waals surface area (Å²) in [5, 5.41) is 3.31. The van der Waals surface area contributed by atoms with Gasteiger partial charge in [-0.15, -0.1) is 0 Å². The van der Waals surface area contributed by atoms with E-state index in [4.69, 9.17) is 21.1 Å². The fourth-order valence-corrected chi connectivity index (χ4v) is 3.74. The van der Waals surface area contributed by atoms with Gasteiger partial charge >= 0.3 is 0 Å². The van der Waals surface area contributed by atoms with Crippen LogP contribution >= 0.6 is 11.6 Å². The molecular formula is C21H23ClN2O3. The average molecular weight is 387 g/mol. The van der Waals surface area contributed by atoms with Crippen LogP contribution in [0.4, 0.5) is 11.4 Å². The number of nitrogens with one attached hydrogen (secondary N) is 1. The van der Waals surface area contributed by atoms with Gasteiger partial charge in [0.05, 0.1) is 18.2 Å². The van der Waals surface area contributed by atoms with Gasteiger partial charge in [-0.05, 0) is 55.7 Å². The van der Waals surface area contributed by atoms with E-state index < -0.39 is 0 Å². The van der Waals surface area contributed by atoms with Gasteiger partial charge in [-0.1, -0.05) is 11.6 Å². The molecule has 0 radical (unpaired) electrons. The van der Waals surface area contributed by atoms with Crippen LogP contribution in [0.1, 0.15) is 36.0 Å². The zero-order chi connectivity index (χ0) is 18.6. The minimum absolute atomic E-state index is 0.224. The van der Waals surface area contributed by atoms with Gasteiger partial charge in [-0.2, -0.15) is 0 Å². The lowest BCUT2D eigenvalue weighted by Crippen LogP contribution is -2.29. The summed E-state index contributed by atoms with van der Waals surface area (Å²) in [4.78, 5) is 15.0. The van der Waals surface area contributed by atoms with Crippen LogP contribution in [0, 0.1) is 0 Å². The Morgan fingerprint density at radius 2 is 1.70 bits per heavy atom. The van der Waals surface area contributed by atoms with Crippen molar-refractivity contribution in [3.05, 3.63) is 47.0 Å². The highest BCUT2D eigenvalue weighted by Crippen LogP contribution is 2.38. The number of hydrogen-bond donors (Lipinski definition) is 1. The summed E-state index contributed by atoms with van der Waals surface area (Å²) in [6.07, 6.45) is 4.57. The lowest BCUT2D eigenvalue weighted by molar-refractivity contribution is 0.102. The SMILES string of the molecule is O=C(Nc1ccc(N2CCCCC2)cc1)c1cc(Cl)c2c(c1)OCCCO2. The van der Waals surface area contributed by atoms with Crippen molar-refractivity contribution in [3.8, 4) is 11.5 Å². The Balaban J connectivity index is 1.47. The molecule has 2 aliphatic rings. The number of halogens is 1. The van der Waals surface area contributed by atoms with E-state index in [-0.39, 0.29) is 5.91 Å². The minimum Gasteiger partial charge on any atom is -0.489 e. The van der Waals surface area contributed by atoms with E-state index in [1.807, 2.05) is 12.1 Å². The second-order valence-corrected chi connectivity index (χ2v) is 7.29. The Morgan fingerprint density at radius 3 is 2.48 bits per heavy atom. The number of benzene rings is 2. The van der Waals surface area contributed by atoms with Gasteiger partial charge in [0.15, 0.2) is 11.5 Å². The third-order valence-electron chi connectivity index (χ3n) is 4.91. The minimum atomic E-state index is -0.224. The second-order valence-electron chi connectivity index (χ2n) is 6.88. The third-order valence-corrected chi connectivity index (χ3v) is 5.19. The molecular weight excluding hydrogens is 364 g/mol. The molecule has 0 unspecified atom stereocenters. The molecule has 2 aliphatic heterocycles. The van der Waals surface area contributed by atoms with E-state index >= 15 is 0 Å². The van der Waals surface area contributed by atoms with Crippen LogP contribution in [0.15, 0.2) is 36.4 Å². The fraction of sp³-hybridized carbons (Fsp3) is 0.381. The number of rotatable bonds is 3. The van der Waals surface area contributed by atoms with Gasteiger partial charge in [-0.25, -0.2) is 0 Å². The molecule has 5 nitrogen and oxygen atoms in total. The molecule has 0 aliphatic carbocycles. The number of anilines is 2. The summed E-state index contributed by atoms with van der Waals surface area (Å²) in [6.45, 7) is 3.30. The molecule has 1 saturated heterocycles. The Bertz CT molecular complexity index is 817. The molecule has 0 aromatic heterocycles. The molecule has 6 heteroatoms. The molecule has 0 atom stereocenters. The van der Waals surface area contributed by atoms with Crippen molar-refractivity contribution in [2.45, 2.75) is 25.7 Å². The first kappa shape index (κ1) is 18.0. The van der Waals surface area contributed by atoms with Gasteiger partial charge in [0.1, 0.15) is 0 Å². The molecule has 4 rings (SSSR count). The maximum absolute atomic E-state index is 12.6. The first-order valence-corrected chi connectivity index (χ1v) is 9.84. The number of fused-ring (bicyclic) bond motifs is 1. The third kappa shape index (κ3) is 4.14. The lowest BCUT2D eigenvalue weighted by atomic mass is 10.1. The summed E-state index contributed by atoms with van der Waals surface area (Å²) in [5.74, 6) is 0.806. The number of carbonyl (C=O) groups excluding carboxylic acids is 1. The number of carbonyl (C=O) groups is 1. The van der Waals surface area contributed by atoms with Gasteiger partial charge in [0, 0.05) is 36.4 Å². The van der Waals surface area contributed by atoms with Crippen LogP contribution in [0.25, 0.3) is 0 Å². The first-order valence-electron chi connectivity index (χ1n) is 9.46. The summed E-state index contributed by atoms with van der Waals surface area (Å²) in [5.41, 5.74) is 2.40. The lowest BCUT2D eigenvalue weighted by Gasteiger charge is -2.28. The largest absolute Gasteiger partial charge is 0.489 e. The maximum atomic E-state index is 12.6. The molecule has 2 aromatic rings. The number of ether oxygens (including phenoxy) is 2. The first-order chi connectivity index (χ1) is 13.2. The molecule has 0 spiro atoms. The van der Waals surface area contributed by atoms with Crippen LogP contribution in [-0.4, -0.2) is 32.2 Å². The maximum Gasteiger partial charge on any atom is 0.255 e. The van der Waals surface area contributed by atoms with Gasteiger partial charge in [0.2, 0.25) is 0 Å². The van der Waals surface area contributed by atoms with E-state index in [2.05, 4.69) is 22.3 Å². The Hall–Kier alpha value is -2.40. The highest BCUT2D eigenvalue weighted by Gasteiger charge is 2.19. The predicted molar refractivity (Wildman–Crippen MR) is 108 cm³/mol. The van der Waals surface area contributed by atoms with Crippen molar-refractivity contribution in [1.82, 2.24) is 0 Å². The van der Waals surface area contributed by atoms with Gasteiger partial charge in [0.25, 0.3) is 5.91 Å². The van der Waals surface area contributed by atoms with Crippen molar-refractivity contribution in [2.75, 3.05) is 36.5 Å². The van der Waals surface area contributed by atoms with E-state index in [1.54, 1.807) is 12.1 Å². The Morgan fingerprint density at radius 1 is 0.963 bits per heavy atom. The fourth-order valence-electron chi connectivity index (χ4n) is 3.47. The van der Waals surface area contributed by atoms with E-state index in [9.17, 15) is 4.79 Å². The molecule has 27 heavy (non-hydrogen) atoms. The predicted octanol–water partition coefficient (Wildman–Crippen LogP) is 4.74. The molecule has 1 amide bonds. The molecule has 142 valence electrons. The van der Waals surface area contributed by atoms with Crippen LogP contribution in [0.2, 0.25) is 5.02 Å². The zero-order valence-electron chi connectivity index (χ0n) is 15.2. The van der Waals surface area contributed by atoms with Crippen molar-refractivity contribution in [3.63, 3.8) is 0 Å². The quantitative estimate of drug-likeness (QED) is 0.827. The van der Waals surface area contributed by atoms with E-state index in [0.717, 1.165) is 25.2 Å². The van der Waals surface area contributed by atoms with Crippen LogP contribution in [-0.2, 0) is 0 Å². The van der Waals surface area contributed by atoms with Crippen molar-refractivity contribution in [1.29, 1.82) is 0 Å². The molecule has 2 heterocycles. The second kappa shape index (κ2) is 8.09. The Kier molecular flexibility index (Phi) is 5.39. The number of hydrogen-bond acceptors (Lipinski definition) is 4. The summed E-state index contributed by atoms with van der Waals surface area (Å²) in [7, 11) is 0. The molecule has 2 aromatic carbocycles. The number of piperidine rings is 1. The molecule has 0 bridgehead atoms. The smallest absolute Gasteiger partial charge is 0.255 e. The molecule has 1 fully saturated rings.